The van der Waals surface area contributed by atoms with E-state index >= 15 is 0 Å². The van der Waals surface area contributed by atoms with Crippen molar-refractivity contribution in [2.45, 2.75) is 0 Å². The van der Waals surface area contributed by atoms with Gasteiger partial charge in [0.15, 0.2) is 5.78 Å². The van der Waals surface area contributed by atoms with Crippen molar-refractivity contribution in [2.24, 2.45) is 0 Å². The number of fused-ring (bicyclic) bond motifs is 1. The molecule has 0 spiro atoms. The van der Waals surface area contributed by atoms with E-state index in [0.717, 1.165) is 0 Å². The molecule has 0 aliphatic heterocycles. The molecule has 2 N–H and O–H groups in total. The first kappa shape index (κ1) is 13.4. The van der Waals surface area contributed by atoms with Gasteiger partial charge in [0.25, 0.3) is 0 Å². The number of halogens is 1. The molecule has 4 nitrogen and oxygen atoms in total. The molecule has 104 valence electrons. The molecule has 1 aliphatic rings. The van der Waals surface area contributed by atoms with Crippen molar-refractivity contribution >= 4 is 35.0 Å². The molecule has 0 fully saturated rings. The maximum atomic E-state index is 12.4. The van der Waals surface area contributed by atoms with Gasteiger partial charge in [0.2, 0.25) is 0 Å². The molecule has 21 heavy (non-hydrogen) atoms. The summed E-state index contributed by atoms with van der Waals surface area (Å²) in [4.78, 5) is 23.3. The summed E-state index contributed by atoms with van der Waals surface area (Å²) in [5.74, 6) is -1.73. The Morgan fingerprint density at radius 3 is 2.43 bits per heavy atom. The number of aromatic hydroxyl groups is 1. The molecule has 0 radical (unpaired) electrons. The summed E-state index contributed by atoms with van der Waals surface area (Å²) in [6.07, 6.45) is 1.46. The van der Waals surface area contributed by atoms with Crippen LogP contribution in [0.1, 0.15) is 27.0 Å². The zero-order valence-electron chi connectivity index (χ0n) is 10.6. The van der Waals surface area contributed by atoms with Crippen molar-refractivity contribution in [1.29, 1.82) is 0 Å². The molecule has 0 saturated heterocycles. The SMILES string of the molecule is O=C(O)C1=Cc2cc(C(=O)c3ccccc3Cl)c(O)cc21. The summed E-state index contributed by atoms with van der Waals surface area (Å²) in [5.41, 5.74) is 1.55. The second kappa shape index (κ2) is 4.75. The summed E-state index contributed by atoms with van der Waals surface area (Å²) >= 11 is 5.98. The quantitative estimate of drug-likeness (QED) is 0.854. The van der Waals surface area contributed by atoms with Crippen LogP contribution in [-0.4, -0.2) is 22.0 Å². The second-order valence-electron chi connectivity index (χ2n) is 4.63. The van der Waals surface area contributed by atoms with E-state index in [4.69, 9.17) is 16.7 Å². The summed E-state index contributed by atoms with van der Waals surface area (Å²) in [7, 11) is 0. The number of rotatable bonds is 3. The number of phenols is 1. The normalized spacial score (nSPS) is 12.1. The molecule has 0 saturated carbocycles. The lowest BCUT2D eigenvalue weighted by atomic mass is 9.85. The predicted molar refractivity (Wildman–Crippen MR) is 78.5 cm³/mol. The van der Waals surface area contributed by atoms with E-state index in [9.17, 15) is 14.7 Å². The first-order chi connectivity index (χ1) is 9.99. The van der Waals surface area contributed by atoms with Crippen molar-refractivity contribution in [3.05, 3.63) is 63.7 Å². The molecule has 1 aliphatic carbocycles. The van der Waals surface area contributed by atoms with Gasteiger partial charge in [-0.05, 0) is 41.5 Å². The molecule has 3 rings (SSSR count). The van der Waals surface area contributed by atoms with Gasteiger partial charge in [-0.25, -0.2) is 4.79 Å². The highest BCUT2D eigenvalue weighted by Gasteiger charge is 2.26. The van der Waals surface area contributed by atoms with Crippen molar-refractivity contribution in [2.75, 3.05) is 0 Å². The van der Waals surface area contributed by atoms with Crippen LogP contribution in [0.2, 0.25) is 5.02 Å². The van der Waals surface area contributed by atoms with E-state index in [1.54, 1.807) is 24.3 Å². The van der Waals surface area contributed by atoms with Crippen LogP contribution in [0, 0.1) is 0 Å². The molecule has 0 unspecified atom stereocenters. The lowest BCUT2D eigenvalue weighted by Crippen LogP contribution is -2.11. The highest BCUT2D eigenvalue weighted by molar-refractivity contribution is 6.35. The van der Waals surface area contributed by atoms with E-state index in [0.29, 0.717) is 16.1 Å². The summed E-state index contributed by atoms with van der Waals surface area (Å²) in [6.45, 7) is 0. The van der Waals surface area contributed by atoms with Gasteiger partial charge in [-0.3, -0.25) is 4.79 Å². The minimum Gasteiger partial charge on any atom is -0.507 e. The van der Waals surface area contributed by atoms with Gasteiger partial charge in [-0.15, -0.1) is 0 Å². The Morgan fingerprint density at radius 1 is 1.05 bits per heavy atom. The van der Waals surface area contributed by atoms with Gasteiger partial charge < -0.3 is 10.2 Å². The minimum atomic E-state index is -1.06. The number of hydrogen-bond donors (Lipinski definition) is 2. The highest BCUT2D eigenvalue weighted by Crippen LogP contribution is 2.38. The molecule has 0 aromatic heterocycles. The Kier molecular flexibility index (Phi) is 3.03. The van der Waals surface area contributed by atoms with Crippen LogP contribution in [0.5, 0.6) is 5.75 Å². The maximum Gasteiger partial charge on any atom is 0.336 e. The molecule has 0 heterocycles. The largest absolute Gasteiger partial charge is 0.507 e. The number of carbonyl (C=O) groups is 2. The van der Waals surface area contributed by atoms with Crippen LogP contribution in [0.3, 0.4) is 0 Å². The van der Waals surface area contributed by atoms with Crippen molar-refractivity contribution in [3.8, 4) is 5.75 Å². The third-order valence-corrected chi connectivity index (χ3v) is 3.68. The molecular weight excluding hydrogens is 292 g/mol. The van der Waals surface area contributed by atoms with E-state index < -0.39 is 11.8 Å². The standard InChI is InChI=1S/C16H9ClO4/c17-13-4-2-1-3-9(13)15(19)12-6-8-5-11(16(20)21)10(8)7-14(12)18/h1-7,18H,(H,20,21). The van der Waals surface area contributed by atoms with Crippen LogP contribution in [-0.2, 0) is 4.79 Å². The molecule has 5 heteroatoms. The minimum absolute atomic E-state index is 0.0996. The third-order valence-electron chi connectivity index (χ3n) is 3.35. The number of ketones is 1. The fraction of sp³-hybridized carbons (Fsp3) is 0. The van der Waals surface area contributed by atoms with Gasteiger partial charge >= 0.3 is 5.97 Å². The van der Waals surface area contributed by atoms with E-state index in [1.807, 2.05) is 0 Å². The first-order valence-corrected chi connectivity index (χ1v) is 6.48. The van der Waals surface area contributed by atoms with E-state index in [2.05, 4.69) is 0 Å². The number of carboxylic acid groups (broad SMARTS) is 1. The monoisotopic (exact) mass is 300 g/mol. The van der Waals surface area contributed by atoms with Crippen LogP contribution in [0.4, 0.5) is 0 Å². The van der Waals surface area contributed by atoms with Crippen LogP contribution >= 0.6 is 11.6 Å². The maximum absolute atomic E-state index is 12.4. The number of aliphatic carboxylic acids is 1. The second-order valence-corrected chi connectivity index (χ2v) is 5.04. The smallest absolute Gasteiger partial charge is 0.336 e. The topological polar surface area (TPSA) is 74.6 Å². The zero-order chi connectivity index (χ0) is 15.1. The molecule has 2 aromatic rings. The first-order valence-electron chi connectivity index (χ1n) is 6.10. The van der Waals surface area contributed by atoms with Crippen molar-refractivity contribution in [3.63, 3.8) is 0 Å². The third kappa shape index (κ3) is 2.10. The fourth-order valence-electron chi connectivity index (χ4n) is 2.26. The Balaban J connectivity index is 2.04. The molecule has 0 bridgehead atoms. The van der Waals surface area contributed by atoms with Gasteiger partial charge in [0.05, 0.1) is 16.2 Å². The summed E-state index contributed by atoms with van der Waals surface area (Å²) < 4.78 is 0. The van der Waals surface area contributed by atoms with Gasteiger partial charge in [-0.1, -0.05) is 23.7 Å². The predicted octanol–water partition coefficient (Wildman–Crippen LogP) is 3.22. The van der Waals surface area contributed by atoms with Gasteiger partial charge in [0.1, 0.15) is 5.75 Å². The Morgan fingerprint density at radius 2 is 1.76 bits per heavy atom. The average molecular weight is 301 g/mol. The lowest BCUT2D eigenvalue weighted by Gasteiger charge is -2.18. The van der Waals surface area contributed by atoms with E-state index in [1.165, 1.54) is 18.2 Å². The van der Waals surface area contributed by atoms with Crippen molar-refractivity contribution < 1.29 is 19.8 Å². The number of carboxylic acids is 1. The summed E-state index contributed by atoms with van der Waals surface area (Å²) in [6, 6.07) is 9.32. The van der Waals surface area contributed by atoms with Crippen LogP contribution < -0.4 is 0 Å². The number of hydrogen-bond acceptors (Lipinski definition) is 3. The number of carbonyl (C=O) groups excluding carboxylic acids is 1. The Hall–Kier alpha value is -2.59. The van der Waals surface area contributed by atoms with Gasteiger partial charge in [0, 0.05) is 5.56 Å². The highest BCUT2D eigenvalue weighted by atomic mass is 35.5. The van der Waals surface area contributed by atoms with Gasteiger partial charge in [-0.2, -0.15) is 0 Å². The number of phenolic OH excluding ortho intramolecular Hbond substituents is 1. The molecule has 0 atom stereocenters. The summed E-state index contributed by atoms with van der Waals surface area (Å²) in [5, 5.41) is 19.2. The lowest BCUT2D eigenvalue weighted by molar-refractivity contribution is -0.130. The molecule has 2 aromatic carbocycles. The van der Waals surface area contributed by atoms with E-state index in [-0.39, 0.29) is 22.4 Å². The average Bonchev–Trinajstić information content (AvgIpc) is 2.42. The zero-order valence-corrected chi connectivity index (χ0v) is 11.4. The Labute approximate surface area is 124 Å². The van der Waals surface area contributed by atoms with Crippen LogP contribution in [0.25, 0.3) is 11.6 Å². The Bertz CT molecular complexity index is 821. The van der Waals surface area contributed by atoms with Crippen molar-refractivity contribution in [1.82, 2.24) is 0 Å². The molecule has 0 amide bonds. The number of benzene rings is 2. The molecular formula is C16H9ClO4. The fourth-order valence-corrected chi connectivity index (χ4v) is 2.48. The van der Waals surface area contributed by atoms with Crippen LogP contribution in [0.15, 0.2) is 36.4 Å².